The first kappa shape index (κ1) is 22.0. The van der Waals surface area contributed by atoms with Crippen molar-refractivity contribution in [3.8, 4) is 0 Å². The molecule has 2 aliphatic heterocycles. The fourth-order valence-corrected chi connectivity index (χ4v) is 6.31. The Morgan fingerprint density at radius 3 is 2.75 bits per heavy atom. The zero-order valence-corrected chi connectivity index (χ0v) is 18.9. The van der Waals surface area contributed by atoms with E-state index in [-0.39, 0.29) is 0 Å². The SMILES string of the molecule is FC(F)(F)c1ccc2c3c(sc2c1)=CC=CC1=CC=C(COCCN2CCOCC2)SC=31. The molecular formula is C24H22F3NO2S2. The molecule has 1 aromatic carbocycles. The molecule has 0 radical (unpaired) electrons. The highest BCUT2D eigenvalue weighted by Gasteiger charge is 2.31. The minimum atomic E-state index is -4.34. The van der Waals surface area contributed by atoms with Gasteiger partial charge < -0.3 is 9.47 Å². The molecule has 0 N–H and O–H groups in total. The molecule has 1 saturated heterocycles. The summed E-state index contributed by atoms with van der Waals surface area (Å²) in [6.45, 7) is 5.50. The average molecular weight is 478 g/mol. The first-order valence-electron chi connectivity index (χ1n) is 10.5. The molecule has 2 aromatic rings. The van der Waals surface area contributed by atoms with Gasteiger partial charge in [-0.05, 0) is 29.9 Å². The molecule has 3 aliphatic rings. The Hall–Kier alpha value is -1.84. The molecule has 168 valence electrons. The molecule has 32 heavy (non-hydrogen) atoms. The van der Waals surface area contributed by atoms with Crippen LogP contribution in [0.2, 0.25) is 0 Å². The van der Waals surface area contributed by atoms with Crippen LogP contribution in [0.25, 0.3) is 21.1 Å². The number of allylic oxidation sites excluding steroid dienone is 4. The summed E-state index contributed by atoms with van der Waals surface area (Å²) in [5.41, 5.74) is 0.463. The van der Waals surface area contributed by atoms with Gasteiger partial charge in [0.2, 0.25) is 0 Å². The van der Waals surface area contributed by atoms with Crippen LogP contribution in [0, 0.1) is 0 Å². The van der Waals surface area contributed by atoms with Gasteiger partial charge in [-0.25, -0.2) is 0 Å². The van der Waals surface area contributed by atoms with Crippen LogP contribution < -0.4 is 9.75 Å². The molecule has 0 saturated carbocycles. The molecule has 0 bridgehead atoms. The largest absolute Gasteiger partial charge is 0.416 e. The molecule has 0 spiro atoms. The summed E-state index contributed by atoms with van der Waals surface area (Å²) >= 11 is 3.05. The van der Waals surface area contributed by atoms with Crippen LogP contribution in [0.5, 0.6) is 0 Å². The van der Waals surface area contributed by atoms with E-state index >= 15 is 0 Å². The Morgan fingerprint density at radius 1 is 1.09 bits per heavy atom. The van der Waals surface area contributed by atoms with Crippen LogP contribution in [0.4, 0.5) is 13.2 Å². The molecule has 0 atom stereocenters. The maximum atomic E-state index is 13.2. The Bertz CT molecular complexity index is 1230. The van der Waals surface area contributed by atoms with Crippen molar-refractivity contribution < 1.29 is 22.6 Å². The van der Waals surface area contributed by atoms with Gasteiger partial charge in [0.15, 0.2) is 0 Å². The van der Waals surface area contributed by atoms with Gasteiger partial charge in [-0.2, -0.15) is 13.2 Å². The van der Waals surface area contributed by atoms with Crippen LogP contribution in [0.1, 0.15) is 5.56 Å². The highest BCUT2D eigenvalue weighted by Crippen LogP contribution is 2.38. The second-order valence-electron chi connectivity index (χ2n) is 7.77. The highest BCUT2D eigenvalue weighted by molar-refractivity contribution is 8.11. The quantitative estimate of drug-likeness (QED) is 0.600. The van der Waals surface area contributed by atoms with E-state index in [1.165, 1.54) is 23.5 Å². The lowest BCUT2D eigenvalue weighted by molar-refractivity contribution is -0.137. The summed E-state index contributed by atoms with van der Waals surface area (Å²) in [6, 6.07) is 4.04. The Labute approximate surface area is 192 Å². The van der Waals surface area contributed by atoms with Crippen molar-refractivity contribution in [2.75, 3.05) is 46.1 Å². The number of thioether (sulfide) groups is 1. The summed E-state index contributed by atoms with van der Waals surface area (Å²) in [5, 5.41) is 1.87. The van der Waals surface area contributed by atoms with E-state index in [4.69, 9.17) is 9.47 Å². The van der Waals surface area contributed by atoms with Crippen molar-refractivity contribution in [2.24, 2.45) is 0 Å². The van der Waals surface area contributed by atoms with Gasteiger partial charge >= 0.3 is 6.18 Å². The normalized spacial score (nSPS) is 19.2. The fraction of sp³-hybridized carbons (Fsp3) is 0.333. The van der Waals surface area contributed by atoms with Gasteiger partial charge in [0.25, 0.3) is 0 Å². The summed E-state index contributed by atoms with van der Waals surface area (Å²) in [6.07, 6.45) is 5.81. The molecule has 1 aliphatic carbocycles. The predicted molar refractivity (Wildman–Crippen MR) is 125 cm³/mol. The lowest BCUT2D eigenvalue weighted by atomic mass is 10.1. The lowest BCUT2D eigenvalue weighted by Crippen LogP contribution is -2.38. The summed E-state index contributed by atoms with van der Waals surface area (Å²) in [5.74, 6) is 0. The van der Waals surface area contributed by atoms with Crippen molar-refractivity contribution in [3.05, 3.63) is 68.3 Å². The smallest absolute Gasteiger partial charge is 0.379 e. The van der Waals surface area contributed by atoms with Crippen LogP contribution in [0.15, 0.2) is 53.0 Å². The van der Waals surface area contributed by atoms with Gasteiger partial charge in [-0.1, -0.05) is 36.1 Å². The summed E-state index contributed by atoms with van der Waals surface area (Å²) in [7, 11) is 0. The molecule has 0 amide bonds. The van der Waals surface area contributed by atoms with E-state index in [2.05, 4.69) is 23.1 Å². The summed E-state index contributed by atoms with van der Waals surface area (Å²) in [4.78, 5) is 4.51. The molecule has 3 nitrogen and oxygen atoms in total. The van der Waals surface area contributed by atoms with E-state index in [0.717, 1.165) is 63.4 Å². The monoisotopic (exact) mass is 477 g/mol. The first-order valence-corrected chi connectivity index (χ1v) is 12.1. The minimum absolute atomic E-state index is 0.519. The first-order chi connectivity index (χ1) is 15.5. The van der Waals surface area contributed by atoms with E-state index in [1.54, 1.807) is 17.8 Å². The zero-order chi connectivity index (χ0) is 22.1. The van der Waals surface area contributed by atoms with Crippen LogP contribution in [0.3, 0.4) is 0 Å². The number of benzene rings is 1. The van der Waals surface area contributed by atoms with Crippen LogP contribution in [-0.4, -0.2) is 51.0 Å². The van der Waals surface area contributed by atoms with E-state index in [1.807, 2.05) is 12.2 Å². The number of thiophene rings is 1. The van der Waals surface area contributed by atoms with Gasteiger partial charge in [0.05, 0.1) is 32.0 Å². The number of ether oxygens (including phenoxy) is 2. The fourth-order valence-electron chi connectivity index (χ4n) is 3.96. The van der Waals surface area contributed by atoms with Gasteiger partial charge in [-0.15, -0.1) is 11.3 Å². The summed E-state index contributed by atoms with van der Waals surface area (Å²) < 4.78 is 52.5. The second kappa shape index (κ2) is 9.19. The Morgan fingerprint density at radius 2 is 1.94 bits per heavy atom. The highest BCUT2D eigenvalue weighted by atomic mass is 32.2. The number of nitrogens with zero attached hydrogens (tertiary/aromatic N) is 1. The zero-order valence-electron chi connectivity index (χ0n) is 17.3. The number of fused-ring (bicyclic) bond motifs is 4. The molecule has 1 aromatic heterocycles. The standard InChI is InChI=1S/C24H22F3NO2S2/c25-24(26,27)17-5-7-19-21(14-17)32-20-3-1-2-16-4-6-18(31-23(16)22(19)20)15-30-13-10-28-8-11-29-12-9-28/h1-7,14H,8-13,15H2. The molecule has 0 unspecified atom stereocenters. The van der Waals surface area contributed by atoms with E-state index in [9.17, 15) is 13.2 Å². The third kappa shape index (κ3) is 4.61. The van der Waals surface area contributed by atoms with Crippen molar-refractivity contribution in [3.63, 3.8) is 0 Å². The number of rotatable bonds is 5. The maximum absolute atomic E-state index is 13.2. The third-order valence-corrected chi connectivity index (χ3v) is 7.92. The van der Waals surface area contributed by atoms with Crippen LogP contribution in [-0.2, 0) is 15.7 Å². The number of alkyl halides is 3. The van der Waals surface area contributed by atoms with E-state index in [0.29, 0.717) is 17.9 Å². The maximum Gasteiger partial charge on any atom is 0.416 e. The van der Waals surface area contributed by atoms with Gasteiger partial charge in [-0.3, -0.25) is 4.90 Å². The molecule has 3 heterocycles. The Kier molecular flexibility index (Phi) is 6.31. The van der Waals surface area contributed by atoms with Crippen molar-refractivity contribution in [1.82, 2.24) is 4.90 Å². The van der Waals surface area contributed by atoms with Crippen molar-refractivity contribution >= 4 is 44.2 Å². The average Bonchev–Trinajstić information content (AvgIpc) is 3.05. The van der Waals surface area contributed by atoms with E-state index < -0.39 is 11.7 Å². The van der Waals surface area contributed by atoms with Gasteiger partial charge in [0.1, 0.15) is 0 Å². The molecule has 5 rings (SSSR count). The molecule has 1 fully saturated rings. The third-order valence-electron chi connectivity index (χ3n) is 5.64. The topological polar surface area (TPSA) is 21.7 Å². The van der Waals surface area contributed by atoms with Crippen molar-refractivity contribution in [2.45, 2.75) is 6.18 Å². The van der Waals surface area contributed by atoms with Crippen LogP contribution >= 0.6 is 23.1 Å². The molecule has 8 heteroatoms. The lowest BCUT2D eigenvalue weighted by Gasteiger charge is -2.26. The predicted octanol–water partition coefficient (Wildman–Crippen LogP) is 4.28. The Balaban J connectivity index is 1.39. The number of halogens is 3. The second-order valence-corrected chi connectivity index (χ2v) is 9.99. The van der Waals surface area contributed by atoms with Gasteiger partial charge in [0, 0.05) is 49.3 Å². The molecular weight excluding hydrogens is 455 g/mol. The van der Waals surface area contributed by atoms with Crippen molar-refractivity contribution in [1.29, 1.82) is 0 Å². The number of morpholine rings is 1. The number of hydrogen-bond acceptors (Lipinski definition) is 5. The number of hydrogen-bond donors (Lipinski definition) is 0. The minimum Gasteiger partial charge on any atom is -0.379 e.